The molecule has 0 aromatic heterocycles. The van der Waals surface area contributed by atoms with Crippen molar-refractivity contribution in [2.45, 2.75) is 58.9 Å². The molecule has 3 atom stereocenters. The lowest BCUT2D eigenvalue weighted by atomic mass is 10.0. The van der Waals surface area contributed by atoms with Gasteiger partial charge in [0.15, 0.2) is 0 Å². The fraction of sp³-hybridized carbons (Fsp3) is 0.273. The molecule has 4 aromatic rings. The van der Waals surface area contributed by atoms with Crippen LogP contribution >= 0.6 is 0 Å². The molecule has 0 fully saturated rings. The summed E-state index contributed by atoms with van der Waals surface area (Å²) in [5.41, 5.74) is 5.94. The van der Waals surface area contributed by atoms with Gasteiger partial charge in [0.1, 0.15) is 5.75 Å². The monoisotopic (exact) mass is 496 g/mol. The first kappa shape index (κ1) is 26.6. The zero-order valence-electron chi connectivity index (χ0n) is 21.8. The van der Waals surface area contributed by atoms with Crippen molar-refractivity contribution >= 4 is 0 Å². The Hall–Kier alpha value is -3.44. The topological polar surface area (TPSA) is 47.9 Å². The van der Waals surface area contributed by atoms with Crippen LogP contribution in [0, 0.1) is 0 Å². The number of hydrogen-bond donors (Lipinski definition) is 1. The minimum absolute atomic E-state index is 0.0650. The Bertz CT molecular complexity index is 1230. The van der Waals surface area contributed by atoms with Crippen LogP contribution in [0.5, 0.6) is 5.75 Å². The maximum absolute atomic E-state index is 10.9. The summed E-state index contributed by atoms with van der Waals surface area (Å²) in [5, 5.41) is 10.9. The third-order valence-corrected chi connectivity index (χ3v) is 6.75. The highest BCUT2D eigenvalue weighted by Gasteiger charge is 2.18. The lowest BCUT2D eigenvalue weighted by molar-refractivity contribution is 0.0339. The van der Waals surface area contributed by atoms with E-state index in [0.29, 0.717) is 13.2 Å². The van der Waals surface area contributed by atoms with Crippen molar-refractivity contribution in [2.75, 3.05) is 0 Å². The van der Waals surface area contributed by atoms with Crippen LogP contribution in [0.25, 0.3) is 0 Å². The van der Waals surface area contributed by atoms with Gasteiger partial charge in [-0.25, -0.2) is 0 Å². The van der Waals surface area contributed by atoms with Crippen LogP contribution in [-0.2, 0) is 34.0 Å². The summed E-state index contributed by atoms with van der Waals surface area (Å²) in [6, 6.07) is 34.0. The molecule has 0 aliphatic rings. The minimum atomic E-state index is -0.115. The molecule has 4 rings (SSSR count). The molecule has 0 saturated heterocycles. The first-order chi connectivity index (χ1) is 18.0. The van der Waals surface area contributed by atoms with Crippen LogP contribution in [-0.4, -0.2) is 5.11 Å². The molecule has 4 aromatic carbocycles. The zero-order chi connectivity index (χ0) is 26.0. The van der Waals surface area contributed by atoms with Crippen LogP contribution in [0.4, 0.5) is 0 Å². The highest BCUT2D eigenvalue weighted by molar-refractivity contribution is 5.44. The fourth-order valence-electron chi connectivity index (χ4n) is 4.30. The second kappa shape index (κ2) is 13.2. The van der Waals surface area contributed by atoms with Crippen molar-refractivity contribution in [3.8, 4) is 5.75 Å². The molecular formula is C33H36O4. The molecule has 0 spiro atoms. The van der Waals surface area contributed by atoms with E-state index in [1.54, 1.807) is 6.07 Å². The fourth-order valence-corrected chi connectivity index (χ4v) is 4.30. The van der Waals surface area contributed by atoms with Gasteiger partial charge in [-0.2, -0.15) is 0 Å². The predicted octanol–water partition coefficient (Wildman–Crippen LogP) is 8.23. The molecule has 1 N–H and O–H groups in total. The average molecular weight is 497 g/mol. The number of ether oxygens (including phenoxy) is 3. The number of hydrogen-bond acceptors (Lipinski definition) is 4. The Kier molecular flexibility index (Phi) is 9.50. The Balaban J connectivity index is 1.55. The van der Waals surface area contributed by atoms with Gasteiger partial charge < -0.3 is 19.3 Å². The molecule has 0 aliphatic heterocycles. The molecule has 0 aliphatic carbocycles. The normalized spacial score (nSPS) is 13.7. The summed E-state index contributed by atoms with van der Waals surface area (Å²) < 4.78 is 18.8. The third kappa shape index (κ3) is 7.30. The number of rotatable bonds is 12. The van der Waals surface area contributed by atoms with Crippen molar-refractivity contribution in [1.29, 1.82) is 0 Å². The molecule has 0 bridgehead atoms. The van der Waals surface area contributed by atoms with E-state index in [1.807, 2.05) is 86.6 Å². The van der Waals surface area contributed by atoms with Crippen molar-refractivity contribution in [2.24, 2.45) is 0 Å². The van der Waals surface area contributed by atoms with Crippen molar-refractivity contribution in [3.05, 3.63) is 137 Å². The zero-order valence-corrected chi connectivity index (χ0v) is 21.8. The summed E-state index contributed by atoms with van der Waals surface area (Å²) in [4.78, 5) is 0. The van der Waals surface area contributed by atoms with Crippen molar-refractivity contribution in [1.82, 2.24) is 0 Å². The molecule has 37 heavy (non-hydrogen) atoms. The molecule has 3 unspecified atom stereocenters. The molecule has 0 radical (unpaired) electrons. The highest BCUT2D eigenvalue weighted by Crippen LogP contribution is 2.31. The predicted molar refractivity (Wildman–Crippen MR) is 147 cm³/mol. The SMILES string of the molecule is CC(OCc1ccc(O)c(COC(C)c2ccccc2)c1COC(C)c1ccccc1)c1ccccc1. The average Bonchev–Trinajstić information content (AvgIpc) is 2.95. The third-order valence-electron chi connectivity index (χ3n) is 6.75. The second-order valence-electron chi connectivity index (χ2n) is 9.29. The molecule has 4 heteroatoms. The molecule has 0 heterocycles. The van der Waals surface area contributed by atoms with Gasteiger partial charge in [-0.05, 0) is 54.7 Å². The van der Waals surface area contributed by atoms with Gasteiger partial charge in [0.05, 0.1) is 38.1 Å². The maximum atomic E-state index is 10.9. The van der Waals surface area contributed by atoms with E-state index in [0.717, 1.165) is 33.4 Å². The Morgan fingerprint density at radius 3 is 1.30 bits per heavy atom. The van der Waals surface area contributed by atoms with E-state index < -0.39 is 0 Å². The van der Waals surface area contributed by atoms with Gasteiger partial charge in [-0.15, -0.1) is 0 Å². The highest BCUT2D eigenvalue weighted by atomic mass is 16.5. The van der Waals surface area contributed by atoms with E-state index in [-0.39, 0.29) is 30.7 Å². The summed E-state index contributed by atoms with van der Waals surface area (Å²) in [6.45, 7) is 7.11. The number of phenolic OH excluding ortho intramolecular Hbond substituents is 1. The Morgan fingerprint density at radius 2 is 0.865 bits per heavy atom. The standard InChI is InChI=1S/C33H36O4/c1-24(27-13-7-4-8-14-27)35-21-30-19-20-33(34)32(23-37-26(3)29-17-11-6-12-18-29)31(30)22-36-25(2)28-15-9-5-10-16-28/h4-20,24-26,34H,21-23H2,1-3H3. The van der Waals surface area contributed by atoms with Gasteiger partial charge in [-0.3, -0.25) is 0 Å². The van der Waals surface area contributed by atoms with E-state index in [1.165, 1.54) is 0 Å². The number of phenols is 1. The number of benzene rings is 4. The van der Waals surface area contributed by atoms with Gasteiger partial charge in [0, 0.05) is 5.56 Å². The van der Waals surface area contributed by atoms with Crippen LogP contribution < -0.4 is 0 Å². The van der Waals surface area contributed by atoms with Gasteiger partial charge in [0.2, 0.25) is 0 Å². The lowest BCUT2D eigenvalue weighted by Crippen LogP contribution is -2.10. The van der Waals surface area contributed by atoms with E-state index in [9.17, 15) is 5.11 Å². The molecule has 4 nitrogen and oxygen atoms in total. The summed E-state index contributed by atoms with van der Waals surface area (Å²) >= 11 is 0. The van der Waals surface area contributed by atoms with Gasteiger partial charge in [0.25, 0.3) is 0 Å². The smallest absolute Gasteiger partial charge is 0.121 e. The van der Waals surface area contributed by atoms with E-state index in [4.69, 9.17) is 14.2 Å². The second-order valence-corrected chi connectivity index (χ2v) is 9.29. The maximum Gasteiger partial charge on any atom is 0.121 e. The molecule has 0 saturated carbocycles. The molecule has 192 valence electrons. The summed E-state index contributed by atoms with van der Waals surface area (Å²) in [7, 11) is 0. The van der Waals surface area contributed by atoms with Crippen molar-refractivity contribution < 1.29 is 19.3 Å². The first-order valence-electron chi connectivity index (χ1n) is 12.8. The quantitative estimate of drug-likeness (QED) is 0.215. The Labute approximate surface area is 220 Å². The minimum Gasteiger partial charge on any atom is -0.508 e. The van der Waals surface area contributed by atoms with Crippen LogP contribution in [0.3, 0.4) is 0 Å². The number of aromatic hydroxyl groups is 1. The van der Waals surface area contributed by atoms with Crippen LogP contribution in [0.15, 0.2) is 103 Å². The summed E-state index contributed by atoms with van der Waals surface area (Å²) in [6.07, 6.45) is -0.280. The van der Waals surface area contributed by atoms with Gasteiger partial charge in [-0.1, -0.05) is 97.1 Å². The van der Waals surface area contributed by atoms with E-state index >= 15 is 0 Å². The summed E-state index contributed by atoms with van der Waals surface area (Å²) in [5.74, 6) is 0.200. The largest absolute Gasteiger partial charge is 0.508 e. The van der Waals surface area contributed by atoms with Crippen molar-refractivity contribution in [3.63, 3.8) is 0 Å². The van der Waals surface area contributed by atoms with E-state index in [2.05, 4.69) is 31.2 Å². The van der Waals surface area contributed by atoms with Crippen LogP contribution in [0.2, 0.25) is 0 Å². The molecular weight excluding hydrogens is 460 g/mol. The molecule has 0 amide bonds. The lowest BCUT2D eigenvalue weighted by Gasteiger charge is -2.22. The van der Waals surface area contributed by atoms with Crippen LogP contribution in [0.1, 0.15) is 72.5 Å². The first-order valence-corrected chi connectivity index (χ1v) is 12.8. The van der Waals surface area contributed by atoms with Gasteiger partial charge >= 0.3 is 0 Å². The Morgan fingerprint density at radius 1 is 0.486 bits per heavy atom.